The zero-order valence-electron chi connectivity index (χ0n) is 29.6. The number of hydrogen-bond acceptors (Lipinski definition) is 6. The second kappa shape index (κ2) is 20.0. The number of hydrogen-bond donors (Lipinski definition) is 1. The first-order valence-electron chi connectivity index (χ1n) is 18.2. The second-order valence-electron chi connectivity index (χ2n) is 12.8. The molecule has 0 saturated carbocycles. The number of nitrogens with zero attached hydrogens (tertiary/aromatic N) is 3. The summed E-state index contributed by atoms with van der Waals surface area (Å²) in [6.07, 6.45) is 16.4. The van der Waals surface area contributed by atoms with E-state index in [-0.39, 0.29) is 5.91 Å². The number of rotatable bonds is 17. The van der Waals surface area contributed by atoms with E-state index >= 15 is 0 Å². The minimum absolute atomic E-state index is 0.216. The second-order valence-corrected chi connectivity index (χ2v) is 14.2. The van der Waals surface area contributed by atoms with Crippen molar-refractivity contribution in [3.63, 3.8) is 0 Å². The molecule has 1 saturated heterocycles. The molecule has 50 heavy (non-hydrogen) atoms. The summed E-state index contributed by atoms with van der Waals surface area (Å²) in [5, 5.41) is 2.98. The summed E-state index contributed by atoms with van der Waals surface area (Å²) in [6, 6.07) is 21.9. The maximum Gasteiger partial charge on any atom is 0.248 e. The van der Waals surface area contributed by atoms with Crippen LogP contribution in [0.25, 0.3) is 17.2 Å². The van der Waals surface area contributed by atoms with Crippen molar-refractivity contribution in [3.8, 4) is 16.9 Å². The van der Waals surface area contributed by atoms with Gasteiger partial charge in [-0.2, -0.15) is 0 Å². The van der Waals surface area contributed by atoms with E-state index in [4.69, 9.17) is 9.47 Å². The molecule has 3 aromatic carbocycles. The number of aromatic nitrogens is 2. The Balaban J connectivity index is 1.25. The number of ether oxygens (including phenoxy) is 2. The van der Waals surface area contributed by atoms with Gasteiger partial charge in [-0.05, 0) is 108 Å². The average Bonchev–Trinajstić information content (AvgIpc) is 3.55. The number of aryl methyl sites for hydroxylation is 1. The van der Waals surface area contributed by atoms with E-state index in [0.717, 1.165) is 79.3 Å². The van der Waals surface area contributed by atoms with Crippen LogP contribution in [0.5, 0.6) is 5.75 Å². The smallest absolute Gasteiger partial charge is 0.248 e. The molecule has 1 N–H and O–H groups in total. The van der Waals surface area contributed by atoms with Crippen LogP contribution >= 0.6 is 0 Å². The monoisotopic (exact) mass is 696 g/mol. The molecule has 5 rings (SSSR count). The lowest BCUT2D eigenvalue weighted by molar-refractivity contribution is -0.111. The third kappa shape index (κ3) is 11.2. The highest BCUT2D eigenvalue weighted by Gasteiger charge is 2.16. The zero-order chi connectivity index (χ0) is 35.0. The first-order chi connectivity index (χ1) is 24.5. The molecule has 0 unspecified atom stereocenters. The molecule has 9 heteroatoms. The molecule has 1 aliphatic rings. The maximum absolute atomic E-state index is 13.2. The van der Waals surface area contributed by atoms with Gasteiger partial charge in [-0.25, -0.2) is 4.98 Å². The van der Waals surface area contributed by atoms with Gasteiger partial charge < -0.3 is 28.8 Å². The predicted molar refractivity (Wildman–Crippen MR) is 205 cm³/mol. The quantitative estimate of drug-likeness (QED) is 0.0674. The van der Waals surface area contributed by atoms with Crippen LogP contribution in [-0.2, 0) is 33.0 Å². The summed E-state index contributed by atoms with van der Waals surface area (Å²) in [5.41, 5.74) is 5.94. The van der Waals surface area contributed by atoms with Crippen molar-refractivity contribution in [1.29, 1.82) is 0 Å². The van der Waals surface area contributed by atoms with Gasteiger partial charge in [0.05, 0.1) is 24.8 Å². The lowest BCUT2D eigenvalue weighted by atomic mass is 9.99. The maximum atomic E-state index is 13.2. The van der Waals surface area contributed by atoms with E-state index in [9.17, 15) is 9.35 Å². The van der Waals surface area contributed by atoms with Crippen LogP contribution in [0.2, 0.25) is 0 Å². The zero-order valence-corrected chi connectivity index (χ0v) is 30.5. The molecule has 4 aromatic rings. The van der Waals surface area contributed by atoms with Crippen molar-refractivity contribution in [2.24, 2.45) is 0 Å². The molecule has 0 aliphatic carbocycles. The topological polar surface area (TPSA) is 91.7 Å². The Hall–Kier alpha value is -4.05. The predicted octanol–water partition coefficient (Wildman–Crippen LogP) is 8.89. The number of carbonyl (C=O) groups is 1. The summed E-state index contributed by atoms with van der Waals surface area (Å²) in [5.74, 6) is 1.01. The molecule has 1 atom stereocenters. The van der Waals surface area contributed by atoms with E-state index in [1.54, 1.807) is 30.7 Å². The SMILES string of the molecule is CCCCOCCOc1ccc(-c2ccc(N3CCCCCCC3)c(C=CC(=O)Nc3ccc([S@@+]([O-])Cc4cncn4CCC)cc3)c2)cc1. The number of anilines is 2. The largest absolute Gasteiger partial charge is 0.611 e. The van der Waals surface area contributed by atoms with Crippen molar-refractivity contribution >= 4 is 34.5 Å². The highest BCUT2D eigenvalue weighted by Crippen LogP contribution is 2.31. The fourth-order valence-corrected chi connectivity index (χ4v) is 7.24. The molecule has 1 aromatic heterocycles. The number of unbranched alkanes of at least 4 members (excludes halogenated alkanes) is 1. The van der Waals surface area contributed by atoms with Gasteiger partial charge in [0.2, 0.25) is 5.91 Å². The van der Waals surface area contributed by atoms with Gasteiger partial charge in [-0.15, -0.1) is 0 Å². The third-order valence-electron chi connectivity index (χ3n) is 8.89. The van der Waals surface area contributed by atoms with E-state index in [0.29, 0.717) is 29.5 Å². The molecular weight excluding hydrogens is 645 g/mol. The molecule has 1 aliphatic heterocycles. The van der Waals surface area contributed by atoms with Crippen LogP contribution in [0.15, 0.2) is 90.2 Å². The summed E-state index contributed by atoms with van der Waals surface area (Å²) < 4.78 is 26.6. The van der Waals surface area contributed by atoms with Crippen LogP contribution < -0.4 is 15.0 Å². The minimum atomic E-state index is -1.21. The number of nitrogens with one attached hydrogen (secondary N) is 1. The van der Waals surface area contributed by atoms with Gasteiger partial charge in [0.1, 0.15) is 12.4 Å². The van der Waals surface area contributed by atoms with Crippen LogP contribution in [0.4, 0.5) is 11.4 Å². The van der Waals surface area contributed by atoms with E-state index in [1.165, 1.54) is 32.1 Å². The highest BCUT2D eigenvalue weighted by atomic mass is 32.2. The van der Waals surface area contributed by atoms with Crippen LogP contribution in [0, 0.1) is 0 Å². The third-order valence-corrected chi connectivity index (χ3v) is 10.2. The van der Waals surface area contributed by atoms with Crippen molar-refractivity contribution < 1.29 is 18.8 Å². The van der Waals surface area contributed by atoms with Crippen LogP contribution in [0.3, 0.4) is 0 Å². The van der Waals surface area contributed by atoms with Gasteiger partial charge in [0.25, 0.3) is 0 Å². The molecule has 266 valence electrons. The van der Waals surface area contributed by atoms with Crippen molar-refractivity contribution in [2.75, 3.05) is 43.1 Å². The first kappa shape index (κ1) is 37.2. The molecule has 0 radical (unpaired) electrons. The summed E-state index contributed by atoms with van der Waals surface area (Å²) in [7, 11) is 0. The first-order valence-corrected chi connectivity index (χ1v) is 19.5. The Bertz CT molecular complexity index is 1630. The Morgan fingerprint density at radius 2 is 1.64 bits per heavy atom. The fraction of sp³-hybridized carbons (Fsp3) is 0.415. The van der Waals surface area contributed by atoms with Gasteiger partial charge in [0, 0.05) is 43.7 Å². The average molecular weight is 697 g/mol. The molecular formula is C41H52N4O4S. The Morgan fingerprint density at radius 1 is 0.900 bits per heavy atom. The number of imidazole rings is 1. The van der Waals surface area contributed by atoms with Gasteiger partial charge in [-0.1, -0.05) is 57.7 Å². The normalized spacial score (nSPS) is 14.3. The summed E-state index contributed by atoms with van der Waals surface area (Å²) in [6.45, 7) is 9.03. The molecule has 8 nitrogen and oxygen atoms in total. The Kier molecular flexibility index (Phi) is 14.9. The lowest BCUT2D eigenvalue weighted by Gasteiger charge is -2.28. The molecule has 2 heterocycles. The van der Waals surface area contributed by atoms with Gasteiger partial charge in [-0.3, -0.25) is 4.79 Å². The van der Waals surface area contributed by atoms with E-state index in [1.807, 2.05) is 34.9 Å². The summed E-state index contributed by atoms with van der Waals surface area (Å²) >= 11 is -1.21. The van der Waals surface area contributed by atoms with Crippen LogP contribution in [0.1, 0.15) is 76.5 Å². The van der Waals surface area contributed by atoms with Gasteiger partial charge >= 0.3 is 0 Å². The van der Waals surface area contributed by atoms with Crippen molar-refractivity contribution in [3.05, 3.63) is 96.6 Å². The lowest BCUT2D eigenvalue weighted by Crippen LogP contribution is -2.27. The molecule has 1 fully saturated rings. The Labute approximate surface area is 301 Å². The number of carbonyl (C=O) groups excluding carboxylic acids is 1. The van der Waals surface area contributed by atoms with E-state index < -0.39 is 11.2 Å². The standard InChI is InChI=1S/C41H52N4O4S/c1-3-5-26-48-27-28-49-38-17-11-33(12-18-38)34-13-21-40(44-24-9-7-6-8-10-25-44)35(29-34)14-22-41(46)43-36-15-19-39(20-16-36)50(47)31-37-30-42-32-45(37)23-4-2/h11-22,29-30,32H,3-10,23-28,31H2,1-2H3,(H,43,46)/t50-/m0/s1. The fourth-order valence-electron chi connectivity index (χ4n) is 6.12. The molecule has 0 bridgehead atoms. The molecule has 1 amide bonds. The van der Waals surface area contributed by atoms with Gasteiger partial charge in [0.15, 0.2) is 10.6 Å². The number of amides is 1. The van der Waals surface area contributed by atoms with Crippen molar-refractivity contribution in [2.45, 2.75) is 82.4 Å². The summed E-state index contributed by atoms with van der Waals surface area (Å²) in [4.78, 5) is 20.6. The number of benzene rings is 3. The highest BCUT2D eigenvalue weighted by molar-refractivity contribution is 7.90. The molecule has 0 spiro atoms. The minimum Gasteiger partial charge on any atom is -0.611 e. The van der Waals surface area contributed by atoms with Crippen LogP contribution in [-0.4, -0.2) is 52.9 Å². The van der Waals surface area contributed by atoms with E-state index in [2.05, 4.69) is 59.4 Å². The Morgan fingerprint density at radius 3 is 2.38 bits per heavy atom. The van der Waals surface area contributed by atoms with Crippen molar-refractivity contribution in [1.82, 2.24) is 9.55 Å².